The number of carbonyl (C=O) groups excluding carboxylic acids is 1. The van der Waals surface area contributed by atoms with Crippen LogP contribution < -0.4 is 5.32 Å². The van der Waals surface area contributed by atoms with Crippen molar-refractivity contribution >= 4 is 6.09 Å². The molecule has 214 valence electrons. The number of amides is 1. The number of aliphatic hydroxyl groups is 1. The first-order valence-corrected chi connectivity index (χ1v) is 14.0. The van der Waals surface area contributed by atoms with Gasteiger partial charge in [0.25, 0.3) is 0 Å². The maximum atomic E-state index is 13.6. The second-order valence-corrected chi connectivity index (χ2v) is 11.8. The number of halogens is 2. The summed E-state index contributed by atoms with van der Waals surface area (Å²) in [6, 6.07) is 21.4. The molecule has 7 heteroatoms. The van der Waals surface area contributed by atoms with Gasteiger partial charge in [-0.05, 0) is 65.5 Å². The van der Waals surface area contributed by atoms with E-state index < -0.39 is 23.3 Å². The lowest BCUT2D eigenvalue weighted by Gasteiger charge is -2.44. The molecule has 0 aromatic heterocycles. The minimum absolute atomic E-state index is 0.0556. The molecule has 0 bridgehead atoms. The van der Waals surface area contributed by atoms with Gasteiger partial charge >= 0.3 is 6.09 Å². The van der Waals surface area contributed by atoms with E-state index in [0.29, 0.717) is 31.5 Å². The molecule has 2 N–H and O–H groups in total. The fraction of sp³-hybridized carbons (Fsp3) is 0.424. The van der Waals surface area contributed by atoms with Crippen molar-refractivity contribution < 1.29 is 23.4 Å². The number of hydrogen-bond acceptors (Lipinski definition) is 4. The van der Waals surface area contributed by atoms with Crippen molar-refractivity contribution in [2.45, 2.75) is 70.1 Å². The summed E-state index contributed by atoms with van der Waals surface area (Å²) in [5, 5.41) is 14.5. The molecule has 5 nitrogen and oxygen atoms in total. The van der Waals surface area contributed by atoms with Crippen LogP contribution in [0.15, 0.2) is 72.8 Å². The van der Waals surface area contributed by atoms with Gasteiger partial charge in [0, 0.05) is 25.7 Å². The fourth-order valence-corrected chi connectivity index (χ4v) is 5.29. The van der Waals surface area contributed by atoms with Crippen molar-refractivity contribution in [1.82, 2.24) is 10.2 Å². The number of carbonyl (C=O) groups is 1. The first-order chi connectivity index (χ1) is 19.0. The monoisotopic (exact) mass is 550 g/mol. The van der Waals surface area contributed by atoms with Crippen LogP contribution >= 0.6 is 0 Å². The van der Waals surface area contributed by atoms with Crippen molar-refractivity contribution in [2.75, 3.05) is 19.6 Å². The van der Waals surface area contributed by atoms with Crippen LogP contribution in [-0.2, 0) is 28.7 Å². The minimum atomic E-state index is -0.741. The zero-order chi connectivity index (χ0) is 28.8. The molecule has 3 aromatic carbocycles. The SMILES string of the molecule is CC(C)(C)c1cccc(C2(NCC(O)CCc3cc(F)cc(F)c3)CCCN(C(=O)OCc3ccccc3)C2)c1. The molecule has 3 aromatic rings. The molecular weight excluding hydrogens is 510 g/mol. The van der Waals surface area contributed by atoms with E-state index in [1.165, 1.54) is 17.7 Å². The predicted molar refractivity (Wildman–Crippen MR) is 153 cm³/mol. The molecule has 0 saturated carbocycles. The van der Waals surface area contributed by atoms with Crippen molar-refractivity contribution in [1.29, 1.82) is 0 Å². The number of benzene rings is 3. The zero-order valence-electron chi connectivity index (χ0n) is 23.6. The number of rotatable bonds is 9. The third-order valence-corrected chi connectivity index (χ3v) is 7.60. The third-order valence-electron chi connectivity index (χ3n) is 7.60. The van der Waals surface area contributed by atoms with Gasteiger partial charge in [-0.15, -0.1) is 0 Å². The van der Waals surface area contributed by atoms with E-state index in [4.69, 9.17) is 4.74 Å². The maximum Gasteiger partial charge on any atom is 0.410 e. The first kappa shape index (κ1) is 29.7. The zero-order valence-corrected chi connectivity index (χ0v) is 23.6. The Morgan fingerprint density at radius 3 is 2.45 bits per heavy atom. The van der Waals surface area contributed by atoms with Gasteiger partial charge < -0.3 is 20.1 Å². The minimum Gasteiger partial charge on any atom is -0.445 e. The molecule has 1 heterocycles. The summed E-state index contributed by atoms with van der Waals surface area (Å²) in [5.74, 6) is -1.25. The molecular formula is C33H40F2N2O3. The van der Waals surface area contributed by atoms with Crippen molar-refractivity contribution in [3.8, 4) is 0 Å². The van der Waals surface area contributed by atoms with Crippen LogP contribution in [-0.4, -0.2) is 41.8 Å². The Labute approximate surface area is 236 Å². The Hall–Kier alpha value is -3.29. The normalized spacial score (nSPS) is 18.4. The molecule has 0 spiro atoms. The van der Waals surface area contributed by atoms with E-state index >= 15 is 0 Å². The molecule has 1 aliphatic rings. The Kier molecular flexibility index (Phi) is 9.59. The highest BCUT2D eigenvalue weighted by Gasteiger charge is 2.39. The number of aliphatic hydroxyl groups excluding tert-OH is 1. The van der Waals surface area contributed by atoms with Crippen LogP contribution in [0.5, 0.6) is 0 Å². The number of likely N-dealkylation sites (tertiary alicyclic amines) is 1. The van der Waals surface area contributed by atoms with E-state index in [2.05, 4.69) is 44.3 Å². The summed E-state index contributed by atoms with van der Waals surface area (Å²) >= 11 is 0. The number of piperidine rings is 1. The Balaban J connectivity index is 1.49. The van der Waals surface area contributed by atoms with Crippen LogP contribution in [0.3, 0.4) is 0 Å². The largest absolute Gasteiger partial charge is 0.445 e. The number of nitrogens with one attached hydrogen (secondary N) is 1. The molecule has 1 aliphatic heterocycles. The number of aryl methyl sites for hydroxylation is 1. The summed E-state index contributed by atoms with van der Waals surface area (Å²) in [5.41, 5.74) is 3.03. The second-order valence-electron chi connectivity index (χ2n) is 11.8. The van der Waals surface area contributed by atoms with E-state index in [-0.39, 0.29) is 24.7 Å². The fourth-order valence-electron chi connectivity index (χ4n) is 5.29. The highest BCUT2D eigenvalue weighted by molar-refractivity contribution is 5.68. The molecule has 1 amide bonds. The summed E-state index contributed by atoms with van der Waals surface area (Å²) in [4.78, 5) is 14.9. The number of ether oxygens (including phenoxy) is 1. The Bertz CT molecular complexity index is 1260. The van der Waals surface area contributed by atoms with Crippen LogP contribution in [0.1, 0.15) is 62.3 Å². The quantitative estimate of drug-likeness (QED) is 0.320. The summed E-state index contributed by atoms with van der Waals surface area (Å²) in [7, 11) is 0. The summed E-state index contributed by atoms with van der Waals surface area (Å²) < 4.78 is 32.8. The smallest absolute Gasteiger partial charge is 0.410 e. The van der Waals surface area contributed by atoms with Gasteiger partial charge in [0.05, 0.1) is 11.6 Å². The van der Waals surface area contributed by atoms with Crippen LogP contribution in [0.25, 0.3) is 0 Å². The van der Waals surface area contributed by atoms with Gasteiger partial charge in [-0.3, -0.25) is 0 Å². The van der Waals surface area contributed by atoms with Gasteiger partial charge in [-0.25, -0.2) is 13.6 Å². The van der Waals surface area contributed by atoms with E-state index in [1.807, 2.05) is 36.4 Å². The first-order valence-electron chi connectivity index (χ1n) is 14.0. The van der Waals surface area contributed by atoms with Gasteiger partial charge in [0.1, 0.15) is 18.2 Å². The van der Waals surface area contributed by atoms with Gasteiger partial charge in [-0.1, -0.05) is 75.4 Å². The maximum absolute atomic E-state index is 13.6. The Morgan fingerprint density at radius 2 is 1.75 bits per heavy atom. The number of nitrogens with zero attached hydrogens (tertiary/aromatic N) is 1. The van der Waals surface area contributed by atoms with E-state index in [1.54, 1.807) is 4.90 Å². The van der Waals surface area contributed by atoms with Crippen molar-refractivity contribution in [2.24, 2.45) is 0 Å². The molecule has 0 aliphatic carbocycles. The predicted octanol–water partition coefficient (Wildman–Crippen LogP) is 6.47. The molecule has 1 fully saturated rings. The molecule has 4 rings (SSSR count). The molecule has 0 radical (unpaired) electrons. The number of hydrogen-bond donors (Lipinski definition) is 2. The summed E-state index contributed by atoms with van der Waals surface area (Å²) in [6.45, 7) is 7.96. The Morgan fingerprint density at radius 1 is 1.02 bits per heavy atom. The standard InChI is InChI=1S/C33H40F2N2O3/c1-32(2,3)26-11-7-12-27(19-26)33(36-21-30(38)14-13-25-17-28(34)20-29(35)18-25)15-8-16-37(23-33)31(39)40-22-24-9-5-4-6-10-24/h4-7,9-12,17-20,30,36,38H,8,13-16,21-23H2,1-3H3. The second kappa shape index (κ2) is 12.9. The molecule has 2 atom stereocenters. The lowest BCUT2D eigenvalue weighted by atomic mass is 9.78. The van der Waals surface area contributed by atoms with Crippen LogP contribution in [0, 0.1) is 11.6 Å². The van der Waals surface area contributed by atoms with E-state index in [0.717, 1.165) is 30.0 Å². The van der Waals surface area contributed by atoms with Crippen molar-refractivity contribution in [3.63, 3.8) is 0 Å². The average Bonchev–Trinajstić information content (AvgIpc) is 2.93. The van der Waals surface area contributed by atoms with Crippen LogP contribution in [0.4, 0.5) is 13.6 Å². The highest BCUT2D eigenvalue weighted by atomic mass is 19.1. The van der Waals surface area contributed by atoms with E-state index in [9.17, 15) is 18.7 Å². The highest BCUT2D eigenvalue weighted by Crippen LogP contribution is 2.35. The average molecular weight is 551 g/mol. The molecule has 2 unspecified atom stereocenters. The lowest BCUT2D eigenvalue weighted by Crippen LogP contribution is -2.57. The van der Waals surface area contributed by atoms with Crippen LogP contribution in [0.2, 0.25) is 0 Å². The third kappa shape index (κ3) is 7.89. The summed E-state index contributed by atoms with van der Waals surface area (Å²) in [6.07, 6.45) is 1.14. The lowest BCUT2D eigenvalue weighted by molar-refractivity contribution is 0.0586. The van der Waals surface area contributed by atoms with Gasteiger partial charge in [-0.2, -0.15) is 0 Å². The van der Waals surface area contributed by atoms with Gasteiger partial charge in [0.2, 0.25) is 0 Å². The van der Waals surface area contributed by atoms with Crippen molar-refractivity contribution in [3.05, 3.63) is 107 Å². The molecule has 1 saturated heterocycles. The topological polar surface area (TPSA) is 61.8 Å². The van der Waals surface area contributed by atoms with Gasteiger partial charge in [0.15, 0.2) is 0 Å². The molecule has 40 heavy (non-hydrogen) atoms.